The van der Waals surface area contributed by atoms with Crippen LogP contribution in [0, 0.1) is 11.3 Å². The van der Waals surface area contributed by atoms with E-state index in [1.807, 2.05) is 60.7 Å². The average molecular weight is 397 g/mol. The summed E-state index contributed by atoms with van der Waals surface area (Å²) in [5.41, 5.74) is 2.11. The second kappa shape index (κ2) is 7.72. The third-order valence-corrected chi connectivity index (χ3v) is 5.20. The standard InChI is InChI=1S/C24H19N3O3/c1-26-20-12-5-6-13-21(20)27(2)23(26)19(14-25)22(28)15-30-24(29)18-11-7-9-16-8-3-4-10-17(16)18/h3-13H,15H2,1-2H3. The summed E-state index contributed by atoms with van der Waals surface area (Å²) in [6.07, 6.45) is 0. The van der Waals surface area contributed by atoms with Crippen LogP contribution in [0.3, 0.4) is 0 Å². The number of nitriles is 1. The first-order chi connectivity index (χ1) is 14.5. The molecule has 0 aliphatic carbocycles. The minimum atomic E-state index is -0.598. The van der Waals surface area contributed by atoms with E-state index >= 15 is 0 Å². The molecular weight excluding hydrogens is 378 g/mol. The van der Waals surface area contributed by atoms with Crippen molar-refractivity contribution in [1.82, 2.24) is 0 Å². The molecule has 0 amide bonds. The van der Waals surface area contributed by atoms with Gasteiger partial charge in [-0.2, -0.15) is 5.26 Å². The van der Waals surface area contributed by atoms with Crippen LogP contribution in [0.1, 0.15) is 10.4 Å². The van der Waals surface area contributed by atoms with Crippen molar-refractivity contribution in [1.29, 1.82) is 5.26 Å². The van der Waals surface area contributed by atoms with Crippen LogP contribution in [0.2, 0.25) is 0 Å². The van der Waals surface area contributed by atoms with Crippen molar-refractivity contribution in [3.05, 3.63) is 83.7 Å². The first-order valence-corrected chi connectivity index (χ1v) is 9.42. The van der Waals surface area contributed by atoms with Gasteiger partial charge in [0, 0.05) is 14.1 Å². The van der Waals surface area contributed by atoms with Crippen LogP contribution >= 0.6 is 0 Å². The van der Waals surface area contributed by atoms with Crippen LogP contribution in [-0.4, -0.2) is 32.5 Å². The topological polar surface area (TPSA) is 73.6 Å². The summed E-state index contributed by atoms with van der Waals surface area (Å²) in [7, 11) is 3.59. The Bertz CT molecular complexity index is 1200. The molecule has 0 fully saturated rings. The second-order valence-electron chi connectivity index (χ2n) is 6.94. The molecule has 0 radical (unpaired) electrons. The maximum Gasteiger partial charge on any atom is 0.339 e. The van der Waals surface area contributed by atoms with Crippen LogP contribution in [0.5, 0.6) is 0 Å². The molecule has 0 atom stereocenters. The summed E-state index contributed by atoms with van der Waals surface area (Å²) >= 11 is 0. The van der Waals surface area contributed by atoms with Gasteiger partial charge in [0.05, 0.1) is 16.9 Å². The number of benzene rings is 3. The van der Waals surface area contributed by atoms with E-state index in [0.717, 1.165) is 22.1 Å². The van der Waals surface area contributed by atoms with E-state index in [1.165, 1.54) is 0 Å². The average Bonchev–Trinajstić information content (AvgIpc) is 3.03. The van der Waals surface area contributed by atoms with Crippen molar-refractivity contribution in [3.8, 4) is 6.07 Å². The van der Waals surface area contributed by atoms with Gasteiger partial charge in [-0.3, -0.25) is 4.79 Å². The number of hydrogen-bond acceptors (Lipinski definition) is 6. The van der Waals surface area contributed by atoms with E-state index in [-0.39, 0.29) is 5.57 Å². The number of nitrogens with zero attached hydrogens (tertiary/aromatic N) is 3. The maximum absolute atomic E-state index is 12.8. The molecule has 4 rings (SSSR count). The Labute approximate surface area is 174 Å². The van der Waals surface area contributed by atoms with Crippen molar-refractivity contribution in [2.75, 3.05) is 30.5 Å². The first-order valence-electron chi connectivity index (χ1n) is 9.42. The minimum Gasteiger partial charge on any atom is -0.454 e. The van der Waals surface area contributed by atoms with Crippen molar-refractivity contribution in [3.63, 3.8) is 0 Å². The molecule has 30 heavy (non-hydrogen) atoms. The van der Waals surface area contributed by atoms with E-state index in [1.54, 1.807) is 36.0 Å². The Hall–Kier alpha value is -4.11. The number of rotatable bonds is 4. The number of carbonyl (C=O) groups is 2. The Morgan fingerprint density at radius 2 is 1.50 bits per heavy atom. The summed E-state index contributed by atoms with van der Waals surface area (Å²) in [4.78, 5) is 29.0. The highest BCUT2D eigenvalue weighted by molar-refractivity contribution is 6.07. The Kier molecular flexibility index (Phi) is 4.95. The summed E-state index contributed by atoms with van der Waals surface area (Å²) < 4.78 is 5.28. The molecule has 0 saturated carbocycles. The number of fused-ring (bicyclic) bond motifs is 2. The smallest absolute Gasteiger partial charge is 0.339 e. The van der Waals surface area contributed by atoms with Crippen LogP contribution < -0.4 is 9.80 Å². The molecular formula is C24H19N3O3. The molecule has 0 spiro atoms. The minimum absolute atomic E-state index is 0.0538. The van der Waals surface area contributed by atoms with Crippen LogP contribution in [-0.2, 0) is 9.53 Å². The molecule has 0 saturated heterocycles. The Morgan fingerprint density at radius 3 is 2.17 bits per heavy atom. The van der Waals surface area contributed by atoms with E-state index < -0.39 is 18.4 Å². The van der Waals surface area contributed by atoms with E-state index in [2.05, 4.69) is 0 Å². The number of Topliss-reactive ketones (excluding diaryl/α,β-unsaturated/α-hetero) is 1. The third kappa shape index (κ3) is 3.16. The van der Waals surface area contributed by atoms with Gasteiger partial charge in [-0.25, -0.2) is 4.79 Å². The summed E-state index contributed by atoms with van der Waals surface area (Å²) in [6, 6.07) is 22.4. The Morgan fingerprint density at radius 1 is 0.900 bits per heavy atom. The molecule has 0 N–H and O–H groups in total. The summed E-state index contributed by atoms with van der Waals surface area (Å²) in [5, 5.41) is 11.3. The van der Waals surface area contributed by atoms with E-state index in [9.17, 15) is 14.9 Å². The predicted molar refractivity (Wildman–Crippen MR) is 115 cm³/mol. The van der Waals surface area contributed by atoms with Crippen molar-refractivity contribution in [2.45, 2.75) is 0 Å². The van der Waals surface area contributed by atoms with Crippen LogP contribution in [0.15, 0.2) is 78.1 Å². The molecule has 6 heteroatoms. The van der Waals surface area contributed by atoms with Crippen LogP contribution in [0.4, 0.5) is 11.4 Å². The molecule has 0 unspecified atom stereocenters. The quantitative estimate of drug-likeness (QED) is 0.378. The molecule has 0 bridgehead atoms. The number of para-hydroxylation sites is 2. The number of esters is 1. The highest BCUT2D eigenvalue weighted by Crippen LogP contribution is 2.40. The fourth-order valence-corrected chi connectivity index (χ4v) is 3.74. The number of ketones is 1. The SMILES string of the molecule is CN1C(=C(C#N)C(=O)COC(=O)c2cccc3ccccc23)N(C)c2ccccc21. The molecule has 6 nitrogen and oxygen atoms in total. The molecule has 1 aliphatic rings. The number of ether oxygens (including phenoxy) is 1. The normalized spacial score (nSPS) is 12.5. The van der Waals surface area contributed by atoms with Crippen molar-refractivity contribution < 1.29 is 14.3 Å². The lowest BCUT2D eigenvalue weighted by atomic mass is 10.0. The van der Waals surface area contributed by atoms with E-state index in [0.29, 0.717) is 11.4 Å². The molecule has 3 aromatic rings. The van der Waals surface area contributed by atoms with Gasteiger partial charge in [-0.1, -0.05) is 48.5 Å². The summed E-state index contributed by atoms with van der Waals surface area (Å²) in [6.45, 7) is -0.507. The van der Waals surface area contributed by atoms with Gasteiger partial charge >= 0.3 is 5.97 Å². The number of anilines is 2. The highest BCUT2D eigenvalue weighted by atomic mass is 16.5. The van der Waals surface area contributed by atoms with Gasteiger partial charge in [0.25, 0.3) is 0 Å². The molecule has 1 heterocycles. The van der Waals surface area contributed by atoms with Crippen molar-refractivity contribution >= 4 is 33.9 Å². The van der Waals surface area contributed by atoms with Gasteiger partial charge in [-0.05, 0) is 29.0 Å². The van der Waals surface area contributed by atoms with Gasteiger partial charge in [0.1, 0.15) is 17.5 Å². The fourth-order valence-electron chi connectivity index (χ4n) is 3.74. The zero-order valence-electron chi connectivity index (χ0n) is 16.6. The maximum atomic E-state index is 12.8. The lowest BCUT2D eigenvalue weighted by Crippen LogP contribution is -2.27. The Balaban J connectivity index is 1.57. The zero-order chi connectivity index (χ0) is 21.3. The van der Waals surface area contributed by atoms with E-state index in [4.69, 9.17) is 4.74 Å². The molecule has 148 valence electrons. The lowest BCUT2D eigenvalue weighted by Gasteiger charge is -2.19. The second-order valence-corrected chi connectivity index (χ2v) is 6.94. The van der Waals surface area contributed by atoms with Gasteiger partial charge in [0.2, 0.25) is 5.78 Å². The summed E-state index contributed by atoms with van der Waals surface area (Å²) in [5.74, 6) is -0.684. The number of hydrogen-bond donors (Lipinski definition) is 0. The fraction of sp³-hybridized carbons (Fsp3) is 0.125. The van der Waals surface area contributed by atoms with Gasteiger partial charge in [0.15, 0.2) is 6.61 Å². The predicted octanol–water partition coefficient (Wildman–Crippen LogP) is 3.89. The van der Waals surface area contributed by atoms with Gasteiger partial charge < -0.3 is 14.5 Å². The molecule has 0 aromatic heterocycles. The third-order valence-electron chi connectivity index (χ3n) is 5.20. The zero-order valence-corrected chi connectivity index (χ0v) is 16.6. The molecule has 3 aromatic carbocycles. The largest absolute Gasteiger partial charge is 0.454 e. The monoisotopic (exact) mass is 397 g/mol. The first kappa shape index (κ1) is 19.2. The highest BCUT2D eigenvalue weighted by Gasteiger charge is 2.31. The van der Waals surface area contributed by atoms with Crippen molar-refractivity contribution in [2.24, 2.45) is 0 Å². The lowest BCUT2D eigenvalue weighted by molar-refractivity contribution is -0.118. The molecule has 1 aliphatic heterocycles. The number of carbonyl (C=O) groups excluding carboxylic acids is 2. The van der Waals surface area contributed by atoms with Crippen LogP contribution in [0.25, 0.3) is 10.8 Å². The van der Waals surface area contributed by atoms with Gasteiger partial charge in [-0.15, -0.1) is 0 Å².